The number of carboxylic acids is 1. The fourth-order valence-corrected chi connectivity index (χ4v) is 6.29. The van der Waals surface area contributed by atoms with E-state index in [1.807, 2.05) is 111 Å². The third-order valence-corrected chi connectivity index (χ3v) is 9.71. The van der Waals surface area contributed by atoms with Gasteiger partial charge in [-0.25, -0.2) is 9.37 Å². The van der Waals surface area contributed by atoms with Gasteiger partial charge in [0.25, 0.3) is 11.8 Å². The Bertz CT molecular complexity index is 2450. The van der Waals surface area contributed by atoms with Crippen molar-refractivity contribution in [3.05, 3.63) is 125 Å². The minimum absolute atomic E-state index is 0.00713. The van der Waals surface area contributed by atoms with Gasteiger partial charge in [0.05, 0.1) is 17.7 Å². The van der Waals surface area contributed by atoms with E-state index in [-0.39, 0.29) is 36.0 Å². The van der Waals surface area contributed by atoms with Gasteiger partial charge >= 0.3 is 11.8 Å². The summed E-state index contributed by atoms with van der Waals surface area (Å²) in [5.41, 5.74) is 5.22. The quantitative estimate of drug-likeness (QED) is 0.141. The Hall–Kier alpha value is -6.49. The molecule has 2 aliphatic rings. The first-order chi connectivity index (χ1) is 25.7. The molecule has 3 aromatic carbocycles. The summed E-state index contributed by atoms with van der Waals surface area (Å²) in [6.45, 7) is 2.48. The van der Waals surface area contributed by atoms with E-state index in [9.17, 15) is 19.5 Å². The number of carbonyl (C=O) groups is 3. The zero-order valence-corrected chi connectivity index (χ0v) is 31.9. The molecule has 0 radical (unpaired) electrons. The first-order valence-corrected chi connectivity index (χ1v) is 17.5. The fourth-order valence-electron chi connectivity index (χ4n) is 6.29. The highest BCUT2D eigenvalue weighted by molar-refractivity contribution is 6.09. The number of anilines is 1. The summed E-state index contributed by atoms with van der Waals surface area (Å²) in [6.07, 6.45) is 0. The molecular formula is C43H45N5O6+2. The Morgan fingerprint density at radius 2 is 1.43 bits per heavy atom. The Labute approximate surface area is 314 Å². The zero-order valence-electron chi connectivity index (χ0n) is 31.9. The summed E-state index contributed by atoms with van der Waals surface area (Å²) in [5.74, 6) is 0.168. The minimum atomic E-state index is -1.16. The molecule has 2 amide bonds. The van der Waals surface area contributed by atoms with Gasteiger partial charge in [-0.1, -0.05) is 6.07 Å². The first kappa shape index (κ1) is 37.3. The molecule has 1 aliphatic carbocycles. The van der Waals surface area contributed by atoms with E-state index in [0.717, 1.165) is 27.7 Å². The molecule has 0 atom stereocenters. The predicted molar refractivity (Wildman–Crippen MR) is 209 cm³/mol. The largest absolute Gasteiger partial charge is 0.478 e. The molecule has 1 N–H and O–H groups in total. The molecule has 0 unspecified atom stereocenters. The van der Waals surface area contributed by atoms with Crippen LogP contribution in [0.4, 0.5) is 5.69 Å². The number of aromatic carboxylic acids is 1. The third-order valence-electron chi connectivity index (χ3n) is 9.71. The minimum Gasteiger partial charge on any atom is -0.478 e. The van der Waals surface area contributed by atoms with Crippen molar-refractivity contribution in [1.82, 2.24) is 14.4 Å². The number of benzene rings is 4. The van der Waals surface area contributed by atoms with Crippen molar-refractivity contribution in [2.24, 2.45) is 7.05 Å². The molecule has 0 spiro atoms. The molecular weight excluding hydrogens is 683 g/mol. The zero-order chi connectivity index (χ0) is 38.8. The van der Waals surface area contributed by atoms with Crippen molar-refractivity contribution < 1.29 is 33.2 Å². The highest BCUT2D eigenvalue weighted by Crippen LogP contribution is 2.42. The van der Waals surface area contributed by atoms with Gasteiger partial charge in [-0.05, 0) is 66.2 Å². The number of likely N-dealkylation sites (N-methyl/N-ethyl adjacent to an activating group) is 2. The molecule has 0 saturated carbocycles. The van der Waals surface area contributed by atoms with Crippen molar-refractivity contribution in [1.29, 1.82) is 0 Å². The van der Waals surface area contributed by atoms with Crippen LogP contribution in [0.3, 0.4) is 0 Å². The SMILES string of the molecule is Cc1cccc(Oc2ccc(C(=O)N(C)CCN(C)C(=O)c3ccc(-c4c5ccc(=[N+](C)C)cc-5oc5cc(N(C)C)ccc45)c(C(=O)O)c3)cc2)[n+]1C. The van der Waals surface area contributed by atoms with Crippen LogP contribution in [-0.4, -0.2) is 88.1 Å². The first-order valence-electron chi connectivity index (χ1n) is 17.5. The maximum absolute atomic E-state index is 13.7. The van der Waals surface area contributed by atoms with Gasteiger partial charge in [0.15, 0.2) is 5.69 Å². The standard InChI is InChI=1S/C43H44N5O6/c1-27-10-9-11-39(48(27)8)53-32-17-12-28(13-18-32)41(49)46(6)22-23-47(7)42(50)29-14-19-33(36(24-29)43(51)52)40-34-20-15-30(44(2)3)25-37(34)54-38-26-31(45(4)5)16-21-35(38)40/h9-21,24-26H,22-23H2,1-8H3/q+1/p+1. The van der Waals surface area contributed by atoms with Crippen molar-refractivity contribution in [2.45, 2.75) is 6.92 Å². The van der Waals surface area contributed by atoms with E-state index in [1.165, 1.54) is 11.0 Å². The van der Waals surface area contributed by atoms with Gasteiger partial charge in [-0.3, -0.25) is 9.59 Å². The monoisotopic (exact) mass is 727 g/mol. The van der Waals surface area contributed by atoms with Crippen molar-refractivity contribution in [3.8, 4) is 34.1 Å². The Morgan fingerprint density at radius 3 is 2.07 bits per heavy atom. The predicted octanol–water partition coefficient (Wildman–Crippen LogP) is 5.77. The molecule has 54 heavy (non-hydrogen) atoms. The number of nitrogens with zero attached hydrogens (tertiary/aromatic N) is 5. The molecule has 11 heteroatoms. The van der Waals surface area contributed by atoms with Crippen LogP contribution in [0.5, 0.6) is 11.6 Å². The highest BCUT2D eigenvalue weighted by Gasteiger charge is 2.25. The topological polar surface area (TPSA) is 110 Å². The summed E-state index contributed by atoms with van der Waals surface area (Å²) in [4.78, 5) is 44.8. The van der Waals surface area contributed by atoms with E-state index in [4.69, 9.17) is 9.15 Å². The summed E-state index contributed by atoms with van der Waals surface area (Å²) in [7, 11) is 13.0. The Morgan fingerprint density at radius 1 is 0.778 bits per heavy atom. The number of aryl methyl sites for hydroxylation is 1. The fraction of sp³-hybridized carbons (Fsp3) is 0.233. The number of ether oxygens (including phenoxy) is 1. The molecule has 1 aliphatic heterocycles. The number of rotatable bonds is 10. The molecule has 0 bridgehead atoms. The van der Waals surface area contributed by atoms with E-state index in [2.05, 4.69) is 0 Å². The number of hydrogen-bond acceptors (Lipinski definition) is 6. The number of pyridine rings is 1. The van der Waals surface area contributed by atoms with Gasteiger partial charge in [-0.2, -0.15) is 4.57 Å². The van der Waals surface area contributed by atoms with Crippen LogP contribution in [0.15, 0.2) is 101 Å². The van der Waals surface area contributed by atoms with Crippen molar-refractivity contribution >= 4 is 34.4 Å². The van der Waals surface area contributed by atoms with E-state index in [1.54, 1.807) is 55.4 Å². The second kappa shape index (κ2) is 15.2. The number of amides is 2. The summed E-state index contributed by atoms with van der Waals surface area (Å²) in [6, 6.07) is 29.2. The average Bonchev–Trinajstić information content (AvgIpc) is 3.16. The Balaban J connectivity index is 1.22. The summed E-state index contributed by atoms with van der Waals surface area (Å²) in [5, 5.41) is 12.2. The third kappa shape index (κ3) is 7.52. The lowest BCUT2D eigenvalue weighted by Gasteiger charge is -2.23. The van der Waals surface area contributed by atoms with Crippen LogP contribution >= 0.6 is 0 Å². The second-order valence-corrected chi connectivity index (χ2v) is 13.8. The number of carboxylic acid groups (broad SMARTS) is 1. The summed E-state index contributed by atoms with van der Waals surface area (Å²) >= 11 is 0. The molecule has 4 aromatic rings. The van der Waals surface area contributed by atoms with Crippen LogP contribution in [0.1, 0.15) is 36.8 Å². The molecule has 2 heterocycles. The second-order valence-electron chi connectivity index (χ2n) is 13.8. The highest BCUT2D eigenvalue weighted by atomic mass is 16.5. The lowest BCUT2D eigenvalue weighted by Crippen LogP contribution is -2.37. The normalized spacial score (nSPS) is 11.0. The lowest BCUT2D eigenvalue weighted by atomic mass is 9.89. The molecule has 276 valence electrons. The van der Waals surface area contributed by atoms with Gasteiger partial charge in [0.1, 0.15) is 38.2 Å². The van der Waals surface area contributed by atoms with Gasteiger partial charge in [0.2, 0.25) is 5.36 Å². The van der Waals surface area contributed by atoms with Crippen molar-refractivity contribution in [2.75, 3.05) is 60.3 Å². The lowest BCUT2D eigenvalue weighted by molar-refractivity contribution is -0.681. The van der Waals surface area contributed by atoms with E-state index >= 15 is 0 Å². The van der Waals surface area contributed by atoms with Crippen LogP contribution in [0, 0.1) is 6.92 Å². The molecule has 11 nitrogen and oxygen atoms in total. The van der Waals surface area contributed by atoms with Gasteiger partial charge < -0.3 is 29.0 Å². The molecule has 0 saturated heterocycles. The van der Waals surface area contributed by atoms with Crippen LogP contribution < -0.4 is 24.1 Å². The maximum Gasteiger partial charge on any atom is 0.373 e. The van der Waals surface area contributed by atoms with Crippen molar-refractivity contribution in [3.63, 3.8) is 0 Å². The summed E-state index contributed by atoms with van der Waals surface area (Å²) < 4.78 is 16.3. The van der Waals surface area contributed by atoms with Crippen LogP contribution in [-0.2, 0) is 7.05 Å². The average molecular weight is 728 g/mol. The van der Waals surface area contributed by atoms with E-state index < -0.39 is 5.97 Å². The van der Waals surface area contributed by atoms with Crippen LogP contribution in [0.25, 0.3) is 33.4 Å². The van der Waals surface area contributed by atoms with Gasteiger partial charge in [-0.15, -0.1) is 0 Å². The van der Waals surface area contributed by atoms with Crippen LogP contribution in [0.2, 0.25) is 0 Å². The maximum atomic E-state index is 13.7. The Kier molecular flexibility index (Phi) is 10.5. The number of aromatic nitrogens is 1. The number of hydrogen-bond donors (Lipinski definition) is 1. The molecule has 1 aromatic heterocycles. The smallest absolute Gasteiger partial charge is 0.373 e. The molecule has 0 fully saturated rings. The van der Waals surface area contributed by atoms with Gasteiger partial charge in [0, 0.05) is 99.7 Å². The molecule has 6 rings (SSSR count). The van der Waals surface area contributed by atoms with E-state index in [0.29, 0.717) is 39.7 Å². The number of fused-ring (bicyclic) bond motifs is 2. The number of carbonyl (C=O) groups excluding carboxylic acids is 2.